The summed E-state index contributed by atoms with van der Waals surface area (Å²) in [6, 6.07) is 16.3. The topological polar surface area (TPSA) is 3.88 Å². The summed E-state index contributed by atoms with van der Waals surface area (Å²) < 4.78 is 41.0. The van der Waals surface area contributed by atoms with Crippen LogP contribution >= 0.6 is 0 Å². The van der Waals surface area contributed by atoms with E-state index in [9.17, 15) is 17.3 Å². The molecule has 0 N–H and O–H groups in total. The van der Waals surface area contributed by atoms with E-state index in [-0.39, 0.29) is 0 Å². The Balaban J connectivity index is 0.000000312. The first-order valence-corrected chi connectivity index (χ1v) is 5.51. The van der Waals surface area contributed by atoms with E-state index in [1.54, 1.807) is 0 Å². The molecule has 1 aromatic heterocycles. The fourth-order valence-electron chi connectivity index (χ4n) is 1.25. The summed E-state index contributed by atoms with van der Waals surface area (Å²) >= 11 is 0. The van der Waals surface area contributed by atoms with Crippen LogP contribution in [0.25, 0.3) is 12.3 Å². The maximum atomic E-state index is 9.75. The molecule has 2 rings (SSSR count). The molecule has 0 amide bonds. The van der Waals surface area contributed by atoms with Crippen LogP contribution in [0.1, 0.15) is 5.56 Å². The van der Waals surface area contributed by atoms with Crippen molar-refractivity contribution < 1.29 is 21.8 Å². The zero-order chi connectivity index (χ0) is 14.1. The van der Waals surface area contributed by atoms with Crippen molar-refractivity contribution in [3.05, 3.63) is 66.5 Å². The minimum Gasteiger partial charge on any atom is -0.418 e. The van der Waals surface area contributed by atoms with Gasteiger partial charge < -0.3 is 17.3 Å². The summed E-state index contributed by atoms with van der Waals surface area (Å²) in [5.41, 5.74) is 1.21. The van der Waals surface area contributed by atoms with Crippen molar-refractivity contribution in [2.75, 3.05) is 0 Å². The molecule has 0 saturated carbocycles. The zero-order valence-corrected chi connectivity index (χ0v) is 9.96. The molecule has 0 atom stereocenters. The quantitative estimate of drug-likeness (QED) is 0.442. The second kappa shape index (κ2) is 7.36. The van der Waals surface area contributed by atoms with Gasteiger partial charge in [0.05, 0.1) is 0 Å². The van der Waals surface area contributed by atoms with Gasteiger partial charge in [-0.1, -0.05) is 36.4 Å². The van der Waals surface area contributed by atoms with Gasteiger partial charge in [0.25, 0.3) is 0 Å². The van der Waals surface area contributed by atoms with Crippen molar-refractivity contribution in [2.24, 2.45) is 0 Å². The van der Waals surface area contributed by atoms with Crippen LogP contribution in [0.2, 0.25) is 0 Å². The highest BCUT2D eigenvalue weighted by Crippen LogP contribution is 2.06. The highest BCUT2D eigenvalue weighted by Gasteiger charge is 2.20. The maximum absolute atomic E-state index is 9.75. The molecule has 0 fully saturated rings. The fraction of sp³-hybridized carbons (Fsp3) is 0. The fourth-order valence-corrected chi connectivity index (χ4v) is 1.25. The number of aromatic nitrogens is 1. The van der Waals surface area contributed by atoms with Crippen LogP contribution in [0.5, 0.6) is 0 Å². The predicted octanol–water partition coefficient (Wildman–Crippen LogP) is 3.90. The molecule has 0 bridgehead atoms. The van der Waals surface area contributed by atoms with Gasteiger partial charge >= 0.3 is 7.25 Å². The molecule has 0 unspecified atom stereocenters. The molecule has 0 aliphatic carbocycles. The molecular weight excluding hydrogens is 257 g/mol. The smallest absolute Gasteiger partial charge is 0.418 e. The van der Waals surface area contributed by atoms with Crippen LogP contribution in [0, 0.1) is 0 Å². The van der Waals surface area contributed by atoms with Crippen molar-refractivity contribution in [3.63, 3.8) is 0 Å². The van der Waals surface area contributed by atoms with E-state index in [4.69, 9.17) is 0 Å². The standard InChI is InChI=1S/C13H12N.BF4/c1-3-7-13(8-4-1)9-12-14-10-5-2-6-11-14;2-1(3,4)5/h1-12H;/q+1;-1/b12-9+;. The molecule has 0 aliphatic rings. The molecule has 2 aromatic rings. The van der Waals surface area contributed by atoms with Gasteiger partial charge in [0.15, 0.2) is 18.6 Å². The van der Waals surface area contributed by atoms with Gasteiger partial charge in [-0.15, -0.1) is 0 Å². The lowest BCUT2D eigenvalue weighted by Crippen LogP contribution is -2.23. The molecule has 19 heavy (non-hydrogen) atoms. The molecule has 100 valence electrons. The highest BCUT2D eigenvalue weighted by molar-refractivity contribution is 6.50. The van der Waals surface area contributed by atoms with Crippen LogP contribution in [0.4, 0.5) is 17.3 Å². The number of hydrogen-bond acceptors (Lipinski definition) is 0. The van der Waals surface area contributed by atoms with E-state index in [2.05, 4.69) is 18.2 Å². The summed E-state index contributed by atoms with van der Waals surface area (Å²) in [7, 11) is -6.00. The molecule has 0 saturated heterocycles. The van der Waals surface area contributed by atoms with E-state index >= 15 is 0 Å². The van der Waals surface area contributed by atoms with Crippen molar-refractivity contribution in [1.29, 1.82) is 0 Å². The molecular formula is C13H12BF4N. The first kappa shape index (κ1) is 15.0. The SMILES string of the molecule is C(=C\[n+]1ccccc1)/c1ccccc1.F[B-](F)(F)F. The number of pyridine rings is 1. The van der Waals surface area contributed by atoms with E-state index in [0.717, 1.165) is 0 Å². The Morgan fingerprint density at radius 2 is 1.26 bits per heavy atom. The third-order valence-corrected chi connectivity index (χ3v) is 1.98. The molecule has 1 aromatic carbocycles. The molecule has 1 heterocycles. The van der Waals surface area contributed by atoms with Crippen LogP contribution in [0.3, 0.4) is 0 Å². The molecule has 6 heteroatoms. The summed E-state index contributed by atoms with van der Waals surface area (Å²) in [6.45, 7) is 0. The van der Waals surface area contributed by atoms with Crippen LogP contribution < -0.4 is 4.57 Å². The number of halogens is 4. The summed E-state index contributed by atoms with van der Waals surface area (Å²) in [6.07, 6.45) is 8.15. The van der Waals surface area contributed by atoms with Gasteiger partial charge in [0.1, 0.15) is 0 Å². The minimum atomic E-state index is -6.00. The Kier molecular flexibility index (Phi) is 5.79. The Hall–Kier alpha value is -2.11. The Bertz CT molecular complexity index is 450. The normalized spacial score (nSPS) is 10.9. The Labute approximate surface area is 108 Å². The summed E-state index contributed by atoms with van der Waals surface area (Å²) in [5.74, 6) is 0. The van der Waals surface area contributed by atoms with Gasteiger partial charge in [-0.05, 0) is 5.56 Å². The monoisotopic (exact) mass is 269 g/mol. The van der Waals surface area contributed by atoms with Gasteiger partial charge in [0.2, 0.25) is 0 Å². The zero-order valence-electron chi connectivity index (χ0n) is 9.96. The van der Waals surface area contributed by atoms with Gasteiger partial charge in [-0.3, -0.25) is 0 Å². The number of nitrogens with zero attached hydrogens (tertiary/aromatic N) is 1. The van der Waals surface area contributed by atoms with Crippen LogP contribution in [-0.2, 0) is 0 Å². The van der Waals surface area contributed by atoms with E-state index < -0.39 is 7.25 Å². The average molecular weight is 269 g/mol. The predicted molar refractivity (Wildman–Crippen MR) is 68.5 cm³/mol. The third kappa shape index (κ3) is 8.60. The second-order valence-corrected chi connectivity index (χ2v) is 3.54. The van der Waals surface area contributed by atoms with E-state index in [1.165, 1.54) is 5.56 Å². The van der Waals surface area contributed by atoms with E-state index in [1.807, 2.05) is 59.6 Å². The van der Waals surface area contributed by atoms with Gasteiger partial charge in [-0.2, -0.15) is 4.57 Å². The second-order valence-electron chi connectivity index (χ2n) is 3.54. The van der Waals surface area contributed by atoms with Crippen molar-refractivity contribution in [3.8, 4) is 0 Å². The summed E-state index contributed by atoms with van der Waals surface area (Å²) in [5, 5.41) is 0. The Morgan fingerprint density at radius 1 is 0.789 bits per heavy atom. The van der Waals surface area contributed by atoms with Crippen molar-refractivity contribution in [1.82, 2.24) is 0 Å². The van der Waals surface area contributed by atoms with E-state index in [0.29, 0.717) is 0 Å². The largest absolute Gasteiger partial charge is 0.673 e. The van der Waals surface area contributed by atoms with Crippen molar-refractivity contribution >= 4 is 19.5 Å². The van der Waals surface area contributed by atoms with Crippen LogP contribution in [0.15, 0.2) is 60.9 Å². The molecule has 0 spiro atoms. The number of rotatable bonds is 2. The van der Waals surface area contributed by atoms with Gasteiger partial charge in [0, 0.05) is 18.2 Å². The van der Waals surface area contributed by atoms with Crippen molar-refractivity contribution in [2.45, 2.75) is 0 Å². The lowest BCUT2D eigenvalue weighted by molar-refractivity contribution is -0.567. The number of benzene rings is 1. The van der Waals surface area contributed by atoms with Gasteiger partial charge in [-0.25, -0.2) is 0 Å². The highest BCUT2D eigenvalue weighted by atomic mass is 19.5. The Morgan fingerprint density at radius 3 is 1.79 bits per heavy atom. The first-order chi connectivity index (χ1) is 8.95. The third-order valence-electron chi connectivity index (χ3n) is 1.98. The van der Waals surface area contributed by atoms with Crippen LogP contribution in [-0.4, -0.2) is 7.25 Å². The average Bonchev–Trinajstić information content (AvgIpc) is 2.37. The molecule has 0 aliphatic heterocycles. The first-order valence-electron chi connectivity index (χ1n) is 5.51. The summed E-state index contributed by atoms with van der Waals surface area (Å²) in [4.78, 5) is 0. The lowest BCUT2D eigenvalue weighted by Gasteiger charge is -1.94. The number of hydrogen-bond donors (Lipinski definition) is 0. The molecule has 0 radical (unpaired) electrons. The maximum Gasteiger partial charge on any atom is 0.673 e. The molecule has 1 nitrogen and oxygen atoms in total. The lowest BCUT2D eigenvalue weighted by atomic mass is 10.2. The minimum absolute atomic E-state index is 1.21.